The number of nitrogens with zero attached hydrogens (tertiary/aromatic N) is 3. The Morgan fingerprint density at radius 1 is 0.404 bits per heavy atom. The van der Waals surface area contributed by atoms with Crippen molar-refractivity contribution >= 4 is 32.3 Å². The van der Waals surface area contributed by atoms with Crippen LogP contribution in [0.4, 0.5) is 0 Å². The number of fused-ring (bicyclic) bond motifs is 2. The van der Waals surface area contributed by atoms with Crippen LogP contribution < -0.4 is 0 Å². The van der Waals surface area contributed by atoms with Crippen LogP contribution in [0.3, 0.4) is 0 Å². The first-order chi connectivity index (χ1) is 23.1. The lowest BCUT2D eigenvalue weighted by Crippen LogP contribution is -1.88. The van der Waals surface area contributed by atoms with Gasteiger partial charge in [0.1, 0.15) is 17.1 Å². The van der Waals surface area contributed by atoms with E-state index in [1.165, 1.54) is 21.9 Å². The summed E-state index contributed by atoms with van der Waals surface area (Å²) < 4.78 is 1.16. The van der Waals surface area contributed by atoms with E-state index in [1.807, 2.05) is 12.1 Å². The molecule has 7 aromatic carbocycles. The van der Waals surface area contributed by atoms with Gasteiger partial charge in [0.25, 0.3) is 0 Å². The van der Waals surface area contributed by atoms with E-state index < -0.39 is 0 Å². The summed E-state index contributed by atoms with van der Waals surface area (Å²) in [4.78, 5) is 4.98. The molecule has 0 amide bonds. The van der Waals surface area contributed by atoms with E-state index in [9.17, 15) is 10.5 Å². The van der Waals surface area contributed by atoms with Gasteiger partial charge < -0.3 is 0 Å². The van der Waals surface area contributed by atoms with E-state index in [-0.39, 0.29) is 0 Å². The second kappa shape index (κ2) is 11.9. The molecule has 1 heterocycles. The molecule has 0 N–H and O–H groups in total. The molecule has 218 valence electrons. The number of para-hydroxylation sites is 1. The molecule has 3 nitrogen and oxygen atoms in total. The molecule has 0 saturated heterocycles. The summed E-state index contributed by atoms with van der Waals surface area (Å²) in [5, 5.41) is 22.3. The second-order valence-electron chi connectivity index (χ2n) is 11.5. The van der Waals surface area contributed by atoms with Crippen LogP contribution in [0.1, 0.15) is 11.1 Å². The number of hydrogen-bond donors (Lipinski definition) is 0. The molecule has 0 saturated carbocycles. The van der Waals surface area contributed by atoms with E-state index in [0.717, 1.165) is 54.2 Å². The van der Waals surface area contributed by atoms with Crippen molar-refractivity contribution < 1.29 is 0 Å². The highest BCUT2D eigenvalue weighted by Crippen LogP contribution is 2.37. The van der Waals surface area contributed by atoms with Crippen molar-refractivity contribution in [3.63, 3.8) is 0 Å². The Morgan fingerprint density at radius 2 is 0.915 bits per heavy atom. The van der Waals surface area contributed by atoms with Crippen LogP contribution in [0.15, 0.2) is 152 Å². The molecule has 8 aromatic rings. The zero-order chi connectivity index (χ0) is 31.7. The third-order valence-corrected chi connectivity index (χ3v) is 9.67. The van der Waals surface area contributed by atoms with Gasteiger partial charge in [0.05, 0.1) is 21.3 Å². The lowest BCUT2D eigenvalue weighted by Gasteiger charge is -2.12. The number of rotatable bonds is 5. The first-order valence-corrected chi connectivity index (χ1v) is 16.1. The Morgan fingerprint density at radius 3 is 1.55 bits per heavy atom. The minimum Gasteiger partial charge on any atom is -0.236 e. The van der Waals surface area contributed by atoms with Crippen LogP contribution in [-0.2, 0) is 0 Å². The zero-order valence-electron chi connectivity index (χ0n) is 25.2. The van der Waals surface area contributed by atoms with Crippen molar-refractivity contribution in [2.45, 2.75) is 0 Å². The summed E-state index contributed by atoms with van der Waals surface area (Å²) in [7, 11) is 0. The van der Waals surface area contributed by atoms with Gasteiger partial charge in [0, 0.05) is 5.56 Å². The molecule has 0 fully saturated rings. The quantitative estimate of drug-likeness (QED) is 0.193. The molecule has 0 atom stereocenters. The van der Waals surface area contributed by atoms with Crippen LogP contribution >= 0.6 is 11.3 Å². The standard InChI is InChI=1S/C43H25N3S/c44-26-36-20-19-35(22-40(36)27-45)30-11-15-32(16-12-30)38-23-37(24-39(25-38)43-46-41-7-3-4-8-42(41)47-43)31-13-9-29(10-14-31)34-18-17-28-5-1-2-6-33(28)21-34/h1-25H. The fourth-order valence-corrected chi connectivity index (χ4v) is 7.03. The van der Waals surface area contributed by atoms with Crippen LogP contribution in [0.2, 0.25) is 0 Å². The van der Waals surface area contributed by atoms with Gasteiger partial charge in [-0.25, -0.2) is 4.98 Å². The Balaban J connectivity index is 1.19. The van der Waals surface area contributed by atoms with Crippen molar-refractivity contribution in [1.82, 2.24) is 4.98 Å². The fraction of sp³-hybridized carbons (Fsp3) is 0. The highest BCUT2D eigenvalue weighted by molar-refractivity contribution is 7.21. The van der Waals surface area contributed by atoms with Gasteiger partial charge in [0.15, 0.2) is 0 Å². The van der Waals surface area contributed by atoms with Gasteiger partial charge in [-0.05, 0) is 104 Å². The first-order valence-electron chi connectivity index (χ1n) is 15.3. The van der Waals surface area contributed by atoms with Crippen molar-refractivity contribution in [1.29, 1.82) is 10.5 Å². The van der Waals surface area contributed by atoms with Crippen LogP contribution in [0, 0.1) is 22.7 Å². The summed E-state index contributed by atoms with van der Waals surface area (Å²) in [6, 6.07) is 56.8. The van der Waals surface area contributed by atoms with Crippen LogP contribution in [-0.4, -0.2) is 4.98 Å². The average molecular weight is 616 g/mol. The molecule has 0 aliphatic heterocycles. The lowest BCUT2D eigenvalue weighted by atomic mass is 9.93. The molecule has 47 heavy (non-hydrogen) atoms. The summed E-state index contributed by atoms with van der Waals surface area (Å²) >= 11 is 1.70. The SMILES string of the molecule is N#Cc1ccc(-c2ccc(-c3cc(-c4ccc(-c5ccc6ccccc6c5)cc4)cc(-c4nc5ccccc5s4)c3)cc2)cc1C#N. The summed E-state index contributed by atoms with van der Waals surface area (Å²) in [5.74, 6) is 0. The summed E-state index contributed by atoms with van der Waals surface area (Å²) in [6.45, 7) is 0. The van der Waals surface area contributed by atoms with Crippen LogP contribution in [0.5, 0.6) is 0 Å². The molecular weight excluding hydrogens is 591 g/mol. The summed E-state index contributed by atoms with van der Waals surface area (Å²) in [6.07, 6.45) is 0. The Labute approximate surface area is 276 Å². The van der Waals surface area contributed by atoms with Gasteiger partial charge in [-0.1, -0.05) is 103 Å². The van der Waals surface area contributed by atoms with Crippen molar-refractivity contribution in [3.8, 4) is 67.2 Å². The van der Waals surface area contributed by atoms with Crippen molar-refractivity contribution in [2.24, 2.45) is 0 Å². The monoisotopic (exact) mass is 615 g/mol. The Kier molecular flexibility index (Phi) is 7.12. The molecule has 8 rings (SSSR count). The Bertz CT molecular complexity index is 2500. The number of hydrogen-bond acceptors (Lipinski definition) is 4. The smallest absolute Gasteiger partial charge is 0.124 e. The maximum atomic E-state index is 9.51. The molecule has 0 bridgehead atoms. The number of aromatic nitrogens is 1. The van der Waals surface area contributed by atoms with E-state index >= 15 is 0 Å². The lowest BCUT2D eigenvalue weighted by molar-refractivity contribution is 1.43. The highest BCUT2D eigenvalue weighted by Gasteiger charge is 2.13. The van der Waals surface area contributed by atoms with E-state index in [2.05, 4.69) is 140 Å². The third kappa shape index (κ3) is 5.45. The number of thiazole rings is 1. The molecule has 4 heteroatoms. The zero-order valence-corrected chi connectivity index (χ0v) is 26.0. The molecule has 0 radical (unpaired) electrons. The minimum absolute atomic E-state index is 0.383. The largest absolute Gasteiger partial charge is 0.236 e. The fourth-order valence-electron chi connectivity index (χ4n) is 6.07. The highest BCUT2D eigenvalue weighted by atomic mass is 32.1. The molecule has 0 aliphatic carbocycles. The van der Waals surface area contributed by atoms with Crippen LogP contribution in [0.25, 0.3) is 76.1 Å². The number of benzene rings is 7. The third-order valence-electron chi connectivity index (χ3n) is 8.59. The van der Waals surface area contributed by atoms with E-state index in [1.54, 1.807) is 23.5 Å². The predicted molar refractivity (Wildman–Crippen MR) is 194 cm³/mol. The predicted octanol–water partition coefficient (Wildman–Crippen LogP) is 11.5. The van der Waals surface area contributed by atoms with E-state index in [4.69, 9.17) is 4.98 Å². The number of nitriles is 2. The maximum Gasteiger partial charge on any atom is 0.124 e. The second-order valence-corrected chi connectivity index (χ2v) is 12.5. The first kappa shape index (κ1) is 28.2. The molecule has 0 unspecified atom stereocenters. The summed E-state index contributed by atoms with van der Waals surface area (Å²) in [5.41, 5.74) is 11.6. The Hall–Kier alpha value is -6.33. The van der Waals surface area contributed by atoms with Gasteiger partial charge in [-0.15, -0.1) is 11.3 Å². The average Bonchev–Trinajstić information content (AvgIpc) is 3.59. The molecular formula is C43H25N3S. The van der Waals surface area contributed by atoms with Gasteiger partial charge >= 0.3 is 0 Å². The molecule has 0 spiro atoms. The van der Waals surface area contributed by atoms with E-state index in [0.29, 0.717) is 11.1 Å². The van der Waals surface area contributed by atoms with Gasteiger partial charge in [0.2, 0.25) is 0 Å². The van der Waals surface area contributed by atoms with Crippen molar-refractivity contribution in [2.75, 3.05) is 0 Å². The minimum atomic E-state index is 0.383. The van der Waals surface area contributed by atoms with Gasteiger partial charge in [-0.2, -0.15) is 10.5 Å². The van der Waals surface area contributed by atoms with Gasteiger partial charge in [-0.3, -0.25) is 0 Å². The maximum absolute atomic E-state index is 9.51. The molecule has 1 aromatic heterocycles. The molecule has 0 aliphatic rings. The normalized spacial score (nSPS) is 10.9. The topological polar surface area (TPSA) is 60.5 Å². The van der Waals surface area contributed by atoms with Crippen molar-refractivity contribution in [3.05, 3.63) is 163 Å².